The van der Waals surface area contributed by atoms with E-state index in [9.17, 15) is 8.78 Å². The van der Waals surface area contributed by atoms with Crippen molar-refractivity contribution in [1.29, 1.82) is 0 Å². The first kappa shape index (κ1) is 17.7. The van der Waals surface area contributed by atoms with E-state index in [2.05, 4.69) is 15.6 Å². The Hall–Kier alpha value is -2.63. The SMILES string of the molecule is CCOc1ccc(CNC(=NC)NCc2cccc(F)c2)cc1F. The second kappa shape index (κ2) is 8.86. The third kappa shape index (κ3) is 5.22. The average molecular weight is 333 g/mol. The molecule has 2 N–H and O–H groups in total. The number of rotatable bonds is 6. The van der Waals surface area contributed by atoms with Crippen LogP contribution in [0, 0.1) is 11.6 Å². The fraction of sp³-hybridized carbons (Fsp3) is 0.278. The van der Waals surface area contributed by atoms with E-state index in [1.54, 1.807) is 25.2 Å². The Labute approximate surface area is 140 Å². The molecule has 0 spiro atoms. The van der Waals surface area contributed by atoms with Crippen molar-refractivity contribution in [3.63, 3.8) is 0 Å². The van der Waals surface area contributed by atoms with Gasteiger partial charge in [0.25, 0.3) is 0 Å². The number of ether oxygens (including phenoxy) is 1. The summed E-state index contributed by atoms with van der Waals surface area (Å²) in [5.74, 6) is 0.129. The minimum Gasteiger partial charge on any atom is -0.491 e. The summed E-state index contributed by atoms with van der Waals surface area (Å²) in [6, 6.07) is 11.2. The monoisotopic (exact) mass is 333 g/mol. The van der Waals surface area contributed by atoms with E-state index in [-0.39, 0.29) is 17.4 Å². The highest BCUT2D eigenvalue weighted by Gasteiger charge is 2.05. The summed E-state index contributed by atoms with van der Waals surface area (Å²) >= 11 is 0. The molecule has 6 heteroatoms. The van der Waals surface area contributed by atoms with E-state index in [1.165, 1.54) is 18.2 Å². The molecule has 0 saturated heterocycles. The van der Waals surface area contributed by atoms with Gasteiger partial charge in [0.05, 0.1) is 6.61 Å². The lowest BCUT2D eigenvalue weighted by Crippen LogP contribution is -2.36. The molecule has 0 saturated carbocycles. The molecule has 0 radical (unpaired) electrons. The Morgan fingerprint density at radius 1 is 1.04 bits per heavy atom. The highest BCUT2D eigenvalue weighted by Crippen LogP contribution is 2.18. The maximum absolute atomic E-state index is 13.8. The van der Waals surface area contributed by atoms with Crippen molar-refractivity contribution in [2.45, 2.75) is 20.0 Å². The predicted molar refractivity (Wildman–Crippen MR) is 91.0 cm³/mol. The molecule has 0 fully saturated rings. The van der Waals surface area contributed by atoms with Crippen LogP contribution < -0.4 is 15.4 Å². The van der Waals surface area contributed by atoms with Gasteiger partial charge < -0.3 is 15.4 Å². The number of nitrogens with one attached hydrogen (secondary N) is 2. The second-order valence-electron chi connectivity index (χ2n) is 5.11. The van der Waals surface area contributed by atoms with Gasteiger partial charge in [0, 0.05) is 20.1 Å². The first-order valence-electron chi connectivity index (χ1n) is 7.72. The van der Waals surface area contributed by atoms with Crippen LogP contribution >= 0.6 is 0 Å². The van der Waals surface area contributed by atoms with E-state index < -0.39 is 0 Å². The number of benzene rings is 2. The summed E-state index contributed by atoms with van der Waals surface area (Å²) in [5.41, 5.74) is 1.58. The fourth-order valence-corrected chi connectivity index (χ4v) is 2.17. The van der Waals surface area contributed by atoms with Crippen LogP contribution in [0.15, 0.2) is 47.5 Å². The predicted octanol–water partition coefficient (Wildman–Crippen LogP) is 3.23. The van der Waals surface area contributed by atoms with Crippen molar-refractivity contribution in [3.05, 3.63) is 65.2 Å². The van der Waals surface area contributed by atoms with Crippen molar-refractivity contribution in [2.24, 2.45) is 4.99 Å². The number of nitrogens with zero attached hydrogens (tertiary/aromatic N) is 1. The zero-order valence-corrected chi connectivity index (χ0v) is 13.8. The molecular formula is C18H21F2N3O. The van der Waals surface area contributed by atoms with Crippen molar-refractivity contribution in [3.8, 4) is 5.75 Å². The normalized spacial score (nSPS) is 11.2. The standard InChI is InChI=1S/C18H21F2N3O/c1-3-24-17-8-7-14(10-16(17)20)12-23-18(21-2)22-11-13-5-4-6-15(19)9-13/h4-10H,3,11-12H2,1-2H3,(H2,21,22,23). The molecule has 128 valence electrons. The summed E-state index contributed by atoms with van der Waals surface area (Å²) in [4.78, 5) is 4.09. The highest BCUT2D eigenvalue weighted by atomic mass is 19.1. The smallest absolute Gasteiger partial charge is 0.191 e. The topological polar surface area (TPSA) is 45.6 Å². The number of aliphatic imine (C=N–C) groups is 1. The lowest BCUT2D eigenvalue weighted by Gasteiger charge is -2.13. The van der Waals surface area contributed by atoms with Gasteiger partial charge in [0.1, 0.15) is 5.82 Å². The molecule has 0 heterocycles. The van der Waals surface area contributed by atoms with Gasteiger partial charge in [0.15, 0.2) is 17.5 Å². The molecule has 24 heavy (non-hydrogen) atoms. The van der Waals surface area contributed by atoms with Crippen LogP contribution in [0.1, 0.15) is 18.1 Å². The van der Waals surface area contributed by atoms with Gasteiger partial charge in [-0.1, -0.05) is 18.2 Å². The molecule has 0 bridgehead atoms. The molecule has 0 amide bonds. The lowest BCUT2D eigenvalue weighted by atomic mass is 10.2. The number of hydrogen-bond acceptors (Lipinski definition) is 2. The molecule has 4 nitrogen and oxygen atoms in total. The summed E-state index contributed by atoms with van der Waals surface area (Å²) in [6.07, 6.45) is 0. The minimum absolute atomic E-state index is 0.245. The highest BCUT2D eigenvalue weighted by molar-refractivity contribution is 5.79. The molecule has 0 aliphatic rings. The molecule has 0 atom stereocenters. The lowest BCUT2D eigenvalue weighted by molar-refractivity contribution is 0.321. The molecule has 0 aliphatic carbocycles. The Morgan fingerprint density at radius 2 is 1.75 bits per heavy atom. The molecular weight excluding hydrogens is 312 g/mol. The van der Waals surface area contributed by atoms with Gasteiger partial charge in [-0.25, -0.2) is 8.78 Å². The van der Waals surface area contributed by atoms with Gasteiger partial charge in [-0.15, -0.1) is 0 Å². The maximum atomic E-state index is 13.8. The molecule has 0 unspecified atom stereocenters. The van der Waals surface area contributed by atoms with Gasteiger partial charge in [-0.3, -0.25) is 4.99 Å². The van der Waals surface area contributed by atoms with Crippen LogP contribution in [0.5, 0.6) is 5.75 Å². The third-order valence-corrected chi connectivity index (χ3v) is 3.33. The fourth-order valence-electron chi connectivity index (χ4n) is 2.17. The summed E-state index contributed by atoms with van der Waals surface area (Å²) in [7, 11) is 1.64. The second-order valence-corrected chi connectivity index (χ2v) is 5.11. The minimum atomic E-state index is -0.390. The van der Waals surface area contributed by atoms with E-state index in [1.807, 2.05) is 13.0 Å². The zero-order valence-electron chi connectivity index (χ0n) is 13.8. The molecule has 2 aromatic rings. The molecule has 0 aliphatic heterocycles. The van der Waals surface area contributed by atoms with Gasteiger partial charge >= 0.3 is 0 Å². The van der Waals surface area contributed by atoms with Crippen molar-refractivity contribution in [1.82, 2.24) is 10.6 Å². The zero-order chi connectivity index (χ0) is 17.4. The first-order chi connectivity index (χ1) is 11.6. The Bertz CT molecular complexity index is 704. The van der Waals surface area contributed by atoms with Crippen LogP contribution in [-0.4, -0.2) is 19.6 Å². The van der Waals surface area contributed by atoms with E-state index in [4.69, 9.17) is 4.74 Å². The maximum Gasteiger partial charge on any atom is 0.191 e. The average Bonchev–Trinajstić information content (AvgIpc) is 2.57. The quantitative estimate of drug-likeness (QED) is 0.630. The van der Waals surface area contributed by atoms with Crippen LogP contribution in [0.25, 0.3) is 0 Å². The summed E-state index contributed by atoms with van der Waals surface area (Å²) in [5, 5.41) is 6.17. The van der Waals surface area contributed by atoms with Gasteiger partial charge in [-0.2, -0.15) is 0 Å². The van der Waals surface area contributed by atoms with Crippen LogP contribution in [-0.2, 0) is 13.1 Å². The van der Waals surface area contributed by atoms with Gasteiger partial charge in [0.2, 0.25) is 0 Å². The van der Waals surface area contributed by atoms with E-state index in [0.717, 1.165) is 11.1 Å². The van der Waals surface area contributed by atoms with Crippen LogP contribution in [0.2, 0.25) is 0 Å². The molecule has 2 aromatic carbocycles. The third-order valence-electron chi connectivity index (χ3n) is 3.33. The Balaban J connectivity index is 1.88. The number of hydrogen-bond donors (Lipinski definition) is 2. The Morgan fingerprint density at radius 3 is 2.33 bits per heavy atom. The molecule has 0 aromatic heterocycles. The van der Waals surface area contributed by atoms with Crippen molar-refractivity contribution < 1.29 is 13.5 Å². The summed E-state index contributed by atoms with van der Waals surface area (Å²) in [6.45, 7) is 3.08. The van der Waals surface area contributed by atoms with Crippen LogP contribution in [0.4, 0.5) is 8.78 Å². The number of guanidine groups is 1. The first-order valence-corrected chi connectivity index (χ1v) is 7.72. The van der Waals surface area contributed by atoms with Crippen LogP contribution in [0.3, 0.4) is 0 Å². The van der Waals surface area contributed by atoms with Crippen molar-refractivity contribution >= 4 is 5.96 Å². The molecule has 2 rings (SSSR count). The Kier molecular flexibility index (Phi) is 6.54. The van der Waals surface area contributed by atoms with Crippen molar-refractivity contribution in [2.75, 3.05) is 13.7 Å². The number of halogens is 2. The van der Waals surface area contributed by atoms with Gasteiger partial charge in [-0.05, 0) is 42.3 Å². The summed E-state index contributed by atoms with van der Waals surface area (Å²) < 4.78 is 32.1. The van der Waals surface area contributed by atoms with E-state index >= 15 is 0 Å². The van der Waals surface area contributed by atoms with E-state index in [0.29, 0.717) is 25.7 Å². The largest absolute Gasteiger partial charge is 0.491 e.